The van der Waals surface area contributed by atoms with Gasteiger partial charge in [0.15, 0.2) is 6.04 Å². The standard InChI is InChI=1S/C19H19NO7/c21-17(22)16(20-18(23)25-11-14-7-3-1-4-8-14)13-27-19(24)26-12-15-9-5-2-6-10-15/h1-10,16H,11-13H2,(H,20,23)(H,21,22)/t16-/m1/s1. The maximum absolute atomic E-state index is 11.7. The maximum atomic E-state index is 11.7. The summed E-state index contributed by atoms with van der Waals surface area (Å²) in [7, 11) is 0. The Morgan fingerprint density at radius 2 is 1.33 bits per heavy atom. The van der Waals surface area contributed by atoms with E-state index in [1.807, 2.05) is 12.1 Å². The highest BCUT2D eigenvalue weighted by Gasteiger charge is 2.23. The van der Waals surface area contributed by atoms with Crippen molar-refractivity contribution in [3.8, 4) is 0 Å². The molecule has 142 valence electrons. The predicted molar refractivity (Wildman–Crippen MR) is 93.8 cm³/mol. The third-order valence-electron chi connectivity index (χ3n) is 3.37. The number of nitrogens with one attached hydrogen (secondary N) is 1. The Balaban J connectivity index is 1.73. The summed E-state index contributed by atoms with van der Waals surface area (Å²) in [5.41, 5.74) is 1.51. The lowest BCUT2D eigenvalue weighted by molar-refractivity contribution is -0.140. The first kappa shape index (κ1) is 19.8. The third-order valence-corrected chi connectivity index (χ3v) is 3.37. The van der Waals surface area contributed by atoms with Gasteiger partial charge in [0, 0.05) is 0 Å². The molecule has 1 amide bonds. The van der Waals surface area contributed by atoms with Crippen LogP contribution >= 0.6 is 0 Å². The first-order valence-electron chi connectivity index (χ1n) is 8.08. The van der Waals surface area contributed by atoms with Crippen molar-refractivity contribution in [2.24, 2.45) is 0 Å². The molecule has 0 aliphatic rings. The van der Waals surface area contributed by atoms with Crippen molar-refractivity contribution in [3.63, 3.8) is 0 Å². The molecule has 0 aliphatic carbocycles. The molecule has 2 aromatic rings. The van der Waals surface area contributed by atoms with Crippen molar-refractivity contribution in [2.45, 2.75) is 19.3 Å². The summed E-state index contributed by atoms with van der Waals surface area (Å²) in [5, 5.41) is 11.2. The number of carbonyl (C=O) groups excluding carboxylic acids is 2. The number of hydrogen-bond donors (Lipinski definition) is 2. The molecule has 8 nitrogen and oxygen atoms in total. The van der Waals surface area contributed by atoms with Crippen molar-refractivity contribution in [1.29, 1.82) is 0 Å². The van der Waals surface area contributed by atoms with E-state index in [1.54, 1.807) is 48.5 Å². The molecule has 0 unspecified atom stereocenters. The van der Waals surface area contributed by atoms with Crippen molar-refractivity contribution in [1.82, 2.24) is 5.32 Å². The number of hydrogen-bond acceptors (Lipinski definition) is 6. The number of ether oxygens (including phenoxy) is 3. The Labute approximate surface area is 155 Å². The first-order chi connectivity index (χ1) is 13.0. The van der Waals surface area contributed by atoms with Gasteiger partial charge < -0.3 is 24.6 Å². The van der Waals surface area contributed by atoms with E-state index >= 15 is 0 Å². The lowest BCUT2D eigenvalue weighted by Gasteiger charge is -2.15. The zero-order valence-corrected chi connectivity index (χ0v) is 14.4. The van der Waals surface area contributed by atoms with Gasteiger partial charge in [-0.2, -0.15) is 0 Å². The number of rotatable bonds is 8. The van der Waals surface area contributed by atoms with E-state index in [-0.39, 0.29) is 13.2 Å². The second-order valence-corrected chi connectivity index (χ2v) is 5.43. The van der Waals surface area contributed by atoms with Crippen LogP contribution in [0.5, 0.6) is 0 Å². The van der Waals surface area contributed by atoms with Crippen LogP contribution in [0, 0.1) is 0 Å². The zero-order chi connectivity index (χ0) is 19.5. The molecule has 2 aromatic carbocycles. The Morgan fingerprint density at radius 1 is 0.815 bits per heavy atom. The van der Waals surface area contributed by atoms with Crippen molar-refractivity contribution < 1.29 is 33.7 Å². The molecule has 0 aliphatic heterocycles. The van der Waals surface area contributed by atoms with Crippen LogP contribution in [0.3, 0.4) is 0 Å². The van der Waals surface area contributed by atoms with E-state index in [1.165, 1.54) is 0 Å². The molecule has 2 rings (SSSR count). The summed E-state index contributed by atoms with van der Waals surface area (Å²) in [4.78, 5) is 34.5. The molecule has 8 heteroatoms. The fourth-order valence-electron chi connectivity index (χ4n) is 1.99. The predicted octanol–water partition coefficient (Wildman–Crippen LogP) is 2.72. The second-order valence-electron chi connectivity index (χ2n) is 5.43. The van der Waals surface area contributed by atoms with Crippen LogP contribution in [-0.4, -0.2) is 36.0 Å². The van der Waals surface area contributed by atoms with Gasteiger partial charge in [0.2, 0.25) is 0 Å². The topological polar surface area (TPSA) is 111 Å². The van der Waals surface area contributed by atoms with Crippen molar-refractivity contribution >= 4 is 18.2 Å². The van der Waals surface area contributed by atoms with Crippen molar-refractivity contribution in [3.05, 3.63) is 71.8 Å². The van der Waals surface area contributed by atoms with Crippen LogP contribution in [0.2, 0.25) is 0 Å². The van der Waals surface area contributed by atoms with E-state index in [0.29, 0.717) is 0 Å². The van der Waals surface area contributed by atoms with Gasteiger partial charge in [0.25, 0.3) is 0 Å². The molecule has 27 heavy (non-hydrogen) atoms. The molecular formula is C19H19NO7. The van der Waals surface area contributed by atoms with Gasteiger partial charge in [0.1, 0.15) is 19.8 Å². The quantitative estimate of drug-likeness (QED) is 0.684. The summed E-state index contributed by atoms with van der Waals surface area (Å²) in [5.74, 6) is -1.37. The van der Waals surface area contributed by atoms with E-state index in [0.717, 1.165) is 11.1 Å². The Bertz CT molecular complexity index is 749. The largest absolute Gasteiger partial charge is 0.508 e. The molecule has 0 spiro atoms. The number of alkyl carbamates (subject to hydrolysis) is 1. The number of carboxylic acid groups (broad SMARTS) is 1. The normalized spacial score (nSPS) is 11.1. The highest BCUT2D eigenvalue weighted by atomic mass is 16.7. The third kappa shape index (κ3) is 7.47. The lowest BCUT2D eigenvalue weighted by atomic mass is 10.2. The van der Waals surface area contributed by atoms with Gasteiger partial charge in [-0.1, -0.05) is 60.7 Å². The van der Waals surface area contributed by atoms with Crippen LogP contribution in [0.4, 0.5) is 9.59 Å². The number of carboxylic acids is 1. The SMILES string of the molecule is O=C(N[C@H](COC(=O)OCc1ccccc1)C(=O)O)OCc1ccccc1. The van der Waals surface area contributed by atoms with Gasteiger partial charge in [-0.3, -0.25) is 0 Å². The fourth-order valence-corrected chi connectivity index (χ4v) is 1.99. The van der Waals surface area contributed by atoms with Crippen LogP contribution in [0.25, 0.3) is 0 Å². The lowest BCUT2D eigenvalue weighted by Crippen LogP contribution is -2.44. The van der Waals surface area contributed by atoms with Gasteiger partial charge in [-0.25, -0.2) is 14.4 Å². The number of benzene rings is 2. The molecule has 1 atom stereocenters. The summed E-state index contributed by atoms with van der Waals surface area (Å²) < 4.78 is 14.5. The minimum Gasteiger partial charge on any atom is -0.480 e. The average Bonchev–Trinajstić information content (AvgIpc) is 2.69. The molecule has 0 heterocycles. The second kappa shape index (κ2) is 10.4. The minimum atomic E-state index is -1.46. The summed E-state index contributed by atoms with van der Waals surface area (Å²) >= 11 is 0. The Hall–Kier alpha value is -3.55. The first-order valence-corrected chi connectivity index (χ1v) is 8.08. The van der Waals surface area contributed by atoms with Crippen LogP contribution in [0.15, 0.2) is 60.7 Å². The van der Waals surface area contributed by atoms with E-state index < -0.39 is 30.9 Å². The monoisotopic (exact) mass is 373 g/mol. The van der Waals surface area contributed by atoms with E-state index in [2.05, 4.69) is 5.32 Å². The van der Waals surface area contributed by atoms with E-state index in [4.69, 9.17) is 19.3 Å². The highest BCUT2D eigenvalue weighted by Crippen LogP contribution is 2.03. The Morgan fingerprint density at radius 3 is 1.85 bits per heavy atom. The zero-order valence-electron chi connectivity index (χ0n) is 14.4. The van der Waals surface area contributed by atoms with Crippen LogP contribution in [-0.2, 0) is 32.2 Å². The summed E-state index contributed by atoms with van der Waals surface area (Å²) in [6.45, 7) is -0.619. The number of amides is 1. The minimum absolute atomic E-state index is 0.00996. The molecular weight excluding hydrogens is 354 g/mol. The van der Waals surface area contributed by atoms with Crippen LogP contribution in [0.1, 0.15) is 11.1 Å². The maximum Gasteiger partial charge on any atom is 0.508 e. The molecule has 2 N–H and O–H groups in total. The molecule has 0 saturated carbocycles. The van der Waals surface area contributed by atoms with E-state index in [9.17, 15) is 14.4 Å². The molecule has 0 fully saturated rings. The summed E-state index contributed by atoms with van der Waals surface area (Å²) in [6, 6.07) is 16.4. The number of carbonyl (C=O) groups is 3. The number of aliphatic carboxylic acids is 1. The van der Waals surface area contributed by atoms with Gasteiger partial charge >= 0.3 is 18.2 Å². The molecule has 0 bridgehead atoms. The van der Waals surface area contributed by atoms with Gasteiger partial charge in [0.05, 0.1) is 0 Å². The smallest absolute Gasteiger partial charge is 0.480 e. The van der Waals surface area contributed by atoms with Gasteiger partial charge in [-0.15, -0.1) is 0 Å². The average molecular weight is 373 g/mol. The fraction of sp³-hybridized carbons (Fsp3) is 0.211. The highest BCUT2D eigenvalue weighted by molar-refractivity contribution is 5.80. The Kier molecular flexibility index (Phi) is 7.65. The molecule has 0 aromatic heterocycles. The summed E-state index contributed by atoms with van der Waals surface area (Å²) in [6.07, 6.45) is -1.97. The molecule has 0 saturated heterocycles. The molecule has 0 radical (unpaired) electrons. The van der Waals surface area contributed by atoms with Crippen molar-refractivity contribution in [2.75, 3.05) is 6.61 Å². The van der Waals surface area contributed by atoms with Gasteiger partial charge in [-0.05, 0) is 11.1 Å². The van der Waals surface area contributed by atoms with Crippen LogP contribution < -0.4 is 5.32 Å².